The number of hydrogen-bond donors (Lipinski definition) is 7. The highest BCUT2D eigenvalue weighted by atomic mass is 16.4. The summed E-state index contributed by atoms with van der Waals surface area (Å²) in [6, 6.07) is -4.74. The number of carbonyl (C=O) groups is 5. The zero-order chi connectivity index (χ0) is 25.4. The third-order valence-electron chi connectivity index (χ3n) is 5.51. The molecule has 2 heterocycles. The van der Waals surface area contributed by atoms with Gasteiger partial charge in [-0.3, -0.25) is 19.2 Å². The summed E-state index contributed by atoms with van der Waals surface area (Å²) < 4.78 is 0. The Labute approximate surface area is 195 Å². The summed E-state index contributed by atoms with van der Waals surface area (Å²) in [5.74, 6) is -4.13. The Bertz CT molecular complexity index is 890. The number of H-pyrrole nitrogens is 1. The largest absolute Gasteiger partial charge is 0.480 e. The first-order valence-electron chi connectivity index (χ1n) is 10.8. The molecule has 0 radical (unpaired) electrons. The monoisotopic (exact) mass is 481 g/mol. The lowest BCUT2D eigenvalue weighted by Crippen LogP contribution is -2.59. The molecule has 34 heavy (non-hydrogen) atoms. The number of primary amides is 1. The lowest BCUT2D eigenvalue weighted by molar-refractivity contribution is -0.146. The molecule has 1 aliphatic heterocycles. The van der Waals surface area contributed by atoms with Crippen LogP contribution in [-0.2, 0) is 30.4 Å². The maximum Gasteiger partial charge on any atom is 0.326 e. The molecule has 1 saturated heterocycles. The second kappa shape index (κ2) is 12.1. The molecule has 0 aliphatic carbocycles. The van der Waals surface area contributed by atoms with Crippen LogP contribution in [0.5, 0.6) is 0 Å². The van der Waals surface area contributed by atoms with Gasteiger partial charge in [-0.05, 0) is 26.2 Å². The van der Waals surface area contributed by atoms with Gasteiger partial charge in [0.2, 0.25) is 23.6 Å². The summed E-state index contributed by atoms with van der Waals surface area (Å²) in [6.07, 6.45) is 2.07. The van der Waals surface area contributed by atoms with E-state index in [4.69, 9.17) is 11.5 Å². The van der Waals surface area contributed by atoms with Crippen molar-refractivity contribution in [2.45, 2.75) is 69.3 Å². The third-order valence-corrected chi connectivity index (χ3v) is 5.51. The molecule has 14 heteroatoms. The van der Waals surface area contributed by atoms with Crippen LogP contribution in [0.4, 0.5) is 0 Å². The highest BCUT2D eigenvalue weighted by molar-refractivity contribution is 5.95. The Hall–Kier alpha value is -3.52. The zero-order valence-corrected chi connectivity index (χ0v) is 18.8. The zero-order valence-electron chi connectivity index (χ0n) is 18.8. The molecule has 0 aromatic carbocycles. The molecule has 1 aromatic rings. The number of hydrogen-bond acceptors (Lipinski definition) is 8. The Morgan fingerprint density at radius 1 is 1.29 bits per heavy atom. The number of nitrogens with two attached hydrogens (primary N) is 2. The number of nitrogens with one attached hydrogen (secondary N) is 3. The molecule has 1 fully saturated rings. The molecular weight excluding hydrogens is 450 g/mol. The standard InChI is InChI=1S/C20H31N7O7/c1-10(28)16(26-17(30)12(21)7-11-8-23-9-24-11)19(32)27-6-2-3-14(27)18(31)25-13(20(33)34)4-5-15(22)29/h8-10,12-14,16,28H,2-7,21H2,1H3,(H2,22,29)(H,23,24)(H,25,31)(H,26,30)(H,33,34). The van der Waals surface area contributed by atoms with Gasteiger partial charge in [0.25, 0.3) is 0 Å². The van der Waals surface area contributed by atoms with E-state index in [0.717, 1.165) is 0 Å². The molecule has 9 N–H and O–H groups in total. The highest BCUT2D eigenvalue weighted by Gasteiger charge is 2.40. The molecule has 4 amide bonds. The maximum absolute atomic E-state index is 13.1. The fourth-order valence-corrected chi connectivity index (χ4v) is 3.67. The van der Waals surface area contributed by atoms with Gasteiger partial charge in [-0.15, -0.1) is 0 Å². The number of imidazole rings is 1. The van der Waals surface area contributed by atoms with E-state index in [9.17, 15) is 34.2 Å². The van der Waals surface area contributed by atoms with Gasteiger partial charge < -0.3 is 42.2 Å². The van der Waals surface area contributed by atoms with Crippen LogP contribution in [0.15, 0.2) is 12.5 Å². The number of carbonyl (C=O) groups excluding carboxylic acids is 4. The molecule has 5 atom stereocenters. The summed E-state index contributed by atoms with van der Waals surface area (Å²) in [7, 11) is 0. The minimum atomic E-state index is -1.36. The van der Waals surface area contributed by atoms with Crippen molar-refractivity contribution in [3.05, 3.63) is 18.2 Å². The van der Waals surface area contributed by atoms with E-state index >= 15 is 0 Å². The summed E-state index contributed by atoms with van der Waals surface area (Å²) in [5, 5.41) is 24.2. The van der Waals surface area contributed by atoms with Crippen molar-refractivity contribution in [1.29, 1.82) is 0 Å². The molecule has 0 spiro atoms. The number of aromatic nitrogens is 2. The van der Waals surface area contributed by atoms with E-state index in [1.165, 1.54) is 24.3 Å². The lowest BCUT2D eigenvalue weighted by Gasteiger charge is -2.31. The van der Waals surface area contributed by atoms with E-state index in [1.807, 2.05) is 0 Å². The molecule has 2 rings (SSSR count). The summed E-state index contributed by atoms with van der Waals surface area (Å²) >= 11 is 0. The number of rotatable bonds is 12. The van der Waals surface area contributed by atoms with Crippen molar-refractivity contribution >= 4 is 29.6 Å². The first-order chi connectivity index (χ1) is 16.0. The number of carboxylic acids is 1. The second-order valence-corrected chi connectivity index (χ2v) is 8.21. The van der Waals surface area contributed by atoms with Gasteiger partial charge in [-0.2, -0.15) is 0 Å². The molecule has 0 bridgehead atoms. The molecule has 1 aliphatic rings. The molecule has 5 unspecified atom stereocenters. The van der Waals surface area contributed by atoms with Crippen LogP contribution in [0.2, 0.25) is 0 Å². The number of aliphatic hydroxyl groups is 1. The Balaban J connectivity index is 2.06. The number of amides is 4. The molecule has 14 nitrogen and oxygen atoms in total. The van der Waals surface area contributed by atoms with Crippen molar-refractivity contribution in [3.63, 3.8) is 0 Å². The maximum atomic E-state index is 13.1. The van der Waals surface area contributed by atoms with Gasteiger partial charge in [0.1, 0.15) is 18.1 Å². The number of aliphatic hydroxyl groups excluding tert-OH is 1. The van der Waals surface area contributed by atoms with Gasteiger partial charge in [0, 0.05) is 31.3 Å². The van der Waals surface area contributed by atoms with Crippen LogP contribution in [-0.4, -0.2) is 91.5 Å². The van der Waals surface area contributed by atoms with Gasteiger partial charge in [-0.1, -0.05) is 0 Å². The quantitative estimate of drug-likeness (QED) is 0.161. The Morgan fingerprint density at radius 2 is 2.00 bits per heavy atom. The fraction of sp³-hybridized carbons (Fsp3) is 0.600. The van der Waals surface area contributed by atoms with Gasteiger partial charge in [0.15, 0.2) is 0 Å². The van der Waals surface area contributed by atoms with Crippen LogP contribution in [0.25, 0.3) is 0 Å². The number of aromatic amines is 1. The van der Waals surface area contributed by atoms with Crippen LogP contribution in [0.3, 0.4) is 0 Å². The van der Waals surface area contributed by atoms with Crippen molar-refractivity contribution in [2.24, 2.45) is 11.5 Å². The first-order valence-corrected chi connectivity index (χ1v) is 10.8. The van der Waals surface area contributed by atoms with Crippen molar-refractivity contribution in [1.82, 2.24) is 25.5 Å². The second-order valence-electron chi connectivity index (χ2n) is 8.21. The van der Waals surface area contributed by atoms with E-state index in [-0.39, 0.29) is 32.2 Å². The normalized spacial score (nSPS) is 19.0. The average Bonchev–Trinajstić information content (AvgIpc) is 3.45. The number of carboxylic acid groups (broad SMARTS) is 1. The highest BCUT2D eigenvalue weighted by Crippen LogP contribution is 2.20. The number of nitrogens with zero attached hydrogens (tertiary/aromatic N) is 2. The Kier molecular flexibility index (Phi) is 9.50. The summed E-state index contributed by atoms with van der Waals surface area (Å²) in [5.41, 5.74) is 11.6. The predicted octanol–water partition coefficient (Wildman–Crippen LogP) is -3.03. The minimum Gasteiger partial charge on any atom is -0.480 e. The molecule has 188 valence electrons. The molecule has 1 aromatic heterocycles. The van der Waals surface area contributed by atoms with Gasteiger partial charge >= 0.3 is 5.97 Å². The van der Waals surface area contributed by atoms with Crippen molar-refractivity contribution in [3.8, 4) is 0 Å². The van der Waals surface area contributed by atoms with Crippen molar-refractivity contribution in [2.75, 3.05) is 6.54 Å². The van der Waals surface area contributed by atoms with Crippen LogP contribution in [0.1, 0.15) is 38.3 Å². The van der Waals surface area contributed by atoms with Gasteiger partial charge in [-0.25, -0.2) is 9.78 Å². The first kappa shape index (κ1) is 26.7. The van der Waals surface area contributed by atoms with E-state index in [1.54, 1.807) is 0 Å². The van der Waals surface area contributed by atoms with E-state index < -0.39 is 59.9 Å². The molecule has 0 saturated carbocycles. The number of likely N-dealkylation sites (tertiary alicyclic amines) is 1. The predicted molar refractivity (Wildman–Crippen MR) is 117 cm³/mol. The van der Waals surface area contributed by atoms with Crippen molar-refractivity contribution < 1.29 is 34.2 Å². The minimum absolute atomic E-state index is 0.128. The fourth-order valence-electron chi connectivity index (χ4n) is 3.67. The summed E-state index contributed by atoms with van der Waals surface area (Å²) in [4.78, 5) is 68.7. The van der Waals surface area contributed by atoms with Crippen LogP contribution < -0.4 is 22.1 Å². The lowest BCUT2D eigenvalue weighted by atomic mass is 10.1. The Morgan fingerprint density at radius 3 is 2.56 bits per heavy atom. The van der Waals surface area contributed by atoms with E-state index in [0.29, 0.717) is 12.1 Å². The molecular formula is C20H31N7O7. The average molecular weight is 482 g/mol. The third kappa shape index (κ3) is 7.25. The topological polar surface area (TPSA) is 234 Å². The van der Waals surface area contributed by atoms with Gasteiger partial charge in [0.05, 0.1) is 18.5 Å². The smallest absolute Gasteiger partial charge is 0.326 e. The SMILES string of the molecule is CC(O)C(NC(=O)C(N)Cc1cnc[nH]1)C(=O)N1CCCC1C(=O)NC(CCC(N)=O)C(=O)O. The van der Waals surface area contributed by atoms with Crippen LogP contribution in [0, 0.1) is 0 Å². The van der Waals surface area contributed by atoms with E-state index in [2.05, 4.69) is 20.6 Å². The van der Waals surface area contributed by atoms with Crippen LogP contribution >= 0.6 is 0 Å². The summed E-state index contributed by atoms with van der Waals surface area (Å²) in [6.45, 7) is 1.49. The number of aliphatic carboxylic acids is 1.